The molecule has 1 saturated carbocycles. The molecule has 88 valence electrons. The van der Waals surface area contributed by atoms with Gasteiger partial charge in [0.15, 0.2) is 0 Å². The molecule has 2 N–H and O–H groups in total. The monoisotopic (exact) mass is 236 g/mol. The van der Waals surface area contributed by atoms with E-state index in [9.17, 15) is 0 Å². The van der Waals surface area contributed by atoms with Gasteiger partial charge in [-0.3, -0.25) is 0 Å². The molecule has 1 fully saturated rings. The van der Waals surface area contributed by atoms with Gasteiger partial charge in [-0.25, -0.2) is 4.98 Å². The third kappa shape index (κ3) is 3.22. The fourth-order valence-corrected chi connectivity index (χ4v) is 3.16. The molecule has 0 aromatic carbocycles. The summed E-state index contributed by atoms with van der Waals surface area (Å²) >= 11 is 1.89. The lowest BCUT2D eigenvalue weighted by Gasteiger charge is -2.09. The molecule has 1 heterocycles. The Bertz CT molecular complexity index is 315. The van der Waals surface area contributed by atoms with Gasteiger partial charge in [-0.2, -0.15) is 0 Å². The Labute approximate surface area is 102 Å². The van der Waals surface area contributed by atoms with Gasteiger partial charge in [0, 0.05) is 18.0 Å². The van der Waals surface area contributed by atoms with E-state index in [1.807, 2.05) is 24.9 Å². The molecule has 1 aromatic heterocycles. The number of hydrogen-bond acceptors (Lipinski definition) is 3. The molecule has 0 saturated heterocycles. The van der Waals surface area contributed by atoms with Crippen LogP contribution in [0, 0.1) is 5.92 Å². The largest absolute Gasteiger partial charge is 0.324 e. The van der Waals surface area contributed by atoms with Crippen LogP contribution in [-0.4, -0.2) is 10.7 Å². The fourth-order valence-electron chi connectivity index (χ4n) is 2.13. The summed E-state index contributed by atoms with van der Waals surface area (Å²) in [4.78, 5) is 4.44. The smallest absolute Gasteiger partial charge is 0.0960 e. The molecule has 1 aromatic rings. The van der Waals surface area contributed by atoms with Gasteiger partial charge in [0.1, 0.15) is 0 Å². The maximum absolute atomic E-state index is 5.79. The van der Waals surface area contributed by atoms with Gasteiger partial charge in [0.25, 0.3) is 0 Å². The van der Waals surface area contributed by atoms with Crippen molar-refractivity contribution in [2.45, 2.75) is 43.7 Å². The van der Waals surface area contributed by atoms with Crippen LogP contribution in [0.5, 0.6) is 0 Å². The topological polar surface area (TPSA) is 38.9 Å². The minimum Gasteiger partial charge on any atom is -0.324 e. The maximum atomic E-state index is 5.79. The van der Waals surface area contributed by atoms with Crippen molar-refractivity contribution in [3.63, 3.8) is 0 Å². The Balaban J connectivity index is 1.84. The number of nitrogens with two attached hydrogens (primary N) is 1. The lowest BCUT2D eigenvalue weighted by molar-refractivity contribution is 0.623. The molecule has 1 aliphatic carbocycles. The highest BCUT2D eigenvalue weighted by Gasteiger charge is 2.15. The molecule has 0 unspecified atom stereocenters. The summed E-state index contributed by atoms with van der Waals surface area (Å²) in [7, 11) is 0. The zero-order chi connectivity index (χ0) is 11.4. The molecular formula is C13H20N2S. The summed E-state index contributed by atoms with van der Waals surface area (Å²) < 4.78 is 0. The van der Waals surface area contributed by atoms with Crippen LogP contribution in [0.15, 0.2) is 23.4 Å². The SMILES string of the molecule is C[C@H](N)c1ccc(SCC2CCCC2)nc1. The van der Waals surface area contributed by atoms with Crippen LogP contribution in [0.3, 0.4) is 0 Å². The van der Waals surface area contributed by atoms with E-state index >= 15 is 0 Å². The summed E-state index contributed by atoms with van der Waals surface area (Å²) in [6.45, 7) is 1.99. The quantitative estimate of drug-likeness (QED) is 0.814. The zero-order valence-corrected chi connectivity index (χ0v) is 10.7. The third-order valence-corrected chi connectivity index (χ3v) is 4.40. The van der Waals surface area contributed by atoms with Gasteiger partial charge in [-0.15, -0.1) is 11.8 Å². The van der Waals surface area contributed by atoms with E-state index in [4.69, 9.17) is 5.73 Å². The number of thioether (sulfide) groups is 1. The Morgan fingerprint density at radius 3 is 2.75 bits per heavy atom. The van der Waals surface area contributed by atoms with E-state index in [0.29, 0.717) is 0 Å². The van der Waals surface area contributed by atoms with E-state index in [-0.39, 0.29) is 6.04 Å². The van der Waals surface area contributed by atoms with Gasteiger partial charge in [-0.1, -0.05) is 18.9 Å². The molecule has 1 aliphatic rings. The summed E-state index contributed by atoms with van der Waals surface area (Å²) in [6, 6.07) is 4.27. The summed E-state index contributed by atoms with van der Waals surface area (Å²) in [5.41, 5.74) is 6.91. The fraction of sp³-hybridized carbons (Fsp3) is 0.615. The average molecular weight is 236 g/mol. The van der Waals surface area contributed by atoms with E-state index in [0.717, 1.165) is 16.5 Å². The molecule has 0 radical (unpaired) electrons. The van der Waals surface area contributed by atoms with Crippen molar-refractivity contribution < 1.29 is 0 Å². The predicted octanol–water partition coefficient (Wildman–Crippen LogP) is 3.38. The summed E-state index contributed by atoms with van der Waals surface area (Å²) in [5, 5.41) is 1.14. The van der Waals surface area contributed by atoms with Gasteiger partial charge >= 0.3 is 0 Å². The minimum absolute atomic E-state index is 0.0846. The second kappa shape index (κ2) is 5.69. The van der Waals surface area contributed by atoms with Crippen molar-refractivity contribution in [1.82, 2.24) is 4.98 Å². The van der Waals surface area contributed by atoms with Crippen molar-refractivity contribution in [2.24, 2.45) is 11.7 Å². The van der Waals surface area contributed by atoms with Crippen LogP contribution < -0.4 is 5.73 Å². The average Bonchev–Trinajstić information content (AvgIpc) is 2.80. The second-order valence-electron chi connectivity index (χ2n) is 4.68. The molecule has 16 heavy (non-hydrogen) atoms. The number of hydrogen-bond donors (Lipinski definition) is 1. The number of pyridine rings is 1. The Morgan fingerprint density at radius 1 is 1.44 bits per heavy atom. The Kier molecular flexibility index (Phi) is 4.24. The first-order valence-electron chi connectivity index (χ1n) is 6.10. The number of aromatic nitrogens is 1. The first kappa shape index (κ1) is 11.9. The zero-order valence-electron chi connectivity index (χ0n) is 9.86. The van der Waals surface area contributed by atoms with E-state index in [2.05, 4.69) is 17.1 Å². The normalized spacial score (nSPS) is 18.9. The van der Waals surface area contributed by atoms with Crippen LogP contribution >= 0.6 is 11.8 Å². The van der Waals surface area contributed by atoms with E-state index in [1.165, 1.54) is 31.4 Å². The minimum atomic E-state index is 0.0846. The summed E-state index contributed by atoms with van der Waals surface area (Å²) in [6.07, 6.45) is 7.56. The lowest BCUT2D eigenvalue weighted by Crippen LogP contribution is -2.05. The van der Waals surface area contributed by atoms with Crippen LogP contribution in [0.4, 0.5) is 0 Å². The lowest BCUT2D eigenvalue weighted by atomic mass is 10.1. The predicted molar refractivity (Wildman–Crippen MR) is 69.5 cm³/mol. The van der Waals surface area contributed by atoms with Gasteiger partial charge in [-0.05, 0) is 37.3 Å². The van der Waals surface area contributed by atoms with Gasteiger partial charge < -0.3 is 5.73 Å². The first-order valence-corrected chi connectivity index (χ1v) is 7.08. The number of nitrogens with zero attached hydrogens (tertiary/aromatic N) is 1. The van der Waals surface area contributed by atoms with Crippen molar-refractivity contribution in [3.8, 4) is 0 Å². The van der Waals surface area contributed by atoms with Gasteiger partial charge in [0.2, 0.25) is 0 Å². The highest BCUT2D eigenvalue weighted by Crippen LogP contribution is 2.30. The highest BCUT2D eigenvalue weighted by atomic mass is 32.2. The molecular weight excluding hydrogens is 216 g/mol. The second-order valence-corrected chi connectivity index (χ2v) is 5.72. The van der Waals surface area contributed by atoms with Crippen molar-refractivity contribution in [1.29, 1.82) is 0 Å². The Hall–Kier alpha value is -0.540. The molecule has 2 rings (SSSR count). The van der Waals surface area contributed by atoms with Crippen LogP contribution in [0.25, 0.3) is 0 Å². The number of rotatable bonds is 4. The molecule has 3 heteroatoms. The first-order chi connectivity index (χ1) is 7.75. The molecule has 0 spiro atoms. The van der Waals surface area contributed by atoms with E-state index < -0.39 is 0 Å². The summed E-state index contributed by atoms with van der Waals surface area (Å²) in [5.74, 6) is 2.14. The standard InChI is InChI=1S/C13H20N2S/c1-10(14)12-6-7-13(15-8-12)16-9-11-4-2-3-5-11/h6-8,10-11H,2-5,9,14H2,1H3/t10-/m0/s1. The maximum Gasteiger partial charge on any atom is 0.0960 e. The third-order valence-electron chi connectivity index (χ3n) is 3.23. The van der Waals surface area contributed by atoms with E-state index in [1.54, 1.807) is 0 Å². The van der Waals surface area contributed by atoms with Crippen molar-refractivity contribution in [3.05, 3.63) is 23.9 Å². The molecule has 0 amide bonds. The van der Waals surface area contributed by atoms with Gasteiger partial charge in [0.05, 0.1) is 5.03 Å². The van der Waals surface area contributed by atoms with Crippen LogP contribution in [0.2, 0.25) is 0 Å². The molecule has 0 aliphatic heterocycles. The molecule has 1 atom stereocenters. The molecule has 0 bridgehead atoms. The van der Waals surface area contributed by atoms with Crippen LogP contribution in [-0.2, 0) is 0 Å². The molecule has 2 nitrogen and oxygen atoms in total. The van der Waals surface area contributed by atoms with Crippen molar-refractivity contribution in [2.75, 3.05) is 5.75 Å². The Morgan fingerprint density at radius 2 is 2.19 bits per heavy atom. The highest BCUT2D eigenvalue weighted by molar-refractivity contribution is 7.99. The van der Waals surface area contributed by atoms with Crippen molar-refractivity contribution >= 4 is 11.8 Å². The van der Waals surface area contributed by atoms with Crippen LogP contribution in [0.1, 0.15) is 44.2 Å².